The number of aryl methyl sites for hydroxylation is 1. The van der Waals surface area contributed by atoms with E-state index in [1.165, 1.54) is 0 Å². The molecule has 0 saturated carbocycles. The molecular weight excluding hydrogens is 528 g/mol. The first-order chi connectivity index (χ1) is 19.0. The molecule has 2 aliphatic heterocycles. The second-order valence-corrected chi connectivity index (χ2v) is 11.5. The highest BCUT2D eigenvalue weighted by molar-refractivity contribution is 8.00. The van der Waals surface area contributed by atoms with E-state index in [2.05, 4.69) is 0 Å². The Morgan fingerprint density at radius 2 is 1.74 bits per heavy atom. The average Bonchev–Trinajstić information content (AvgIpc) is 3.59. The zero-order valence-electron chi connectivity index (χ0n) is 21.7. The molecule has 6 nitrogen and oxygen atoms in total. The molecule has 3 heterocycles. The van der Waals surface area contributed by atoms with Gasteiger partial charge in [0.05, 0.1) is 22.4 Å². The van der Waals surface area contributed by atoms with Gasteiger partial charge in [-0.3, -0.25) is 14.5 Å². The van der Waals surface area contributed by atoms with Crippen molar-refractivity contribution in [1.29, 1.82) is 0 Å². The number of fused-ring (bicyclic) bond motifs is 1. The van der Waals surface area contributed by atoms with E-state index in [4.69, 9.17) is 16.7 Å². The Kier molecular flexibility index (Phi) is 7.19. The van der Waals surface area contributed by atoms with E-state index in [0.717, 1.165) is 59.6 Å². The predicted molar refractivity (Wildman–Crippen MR) is 158 cm³/mol. The summed E-state index contributed by atoms with van der Waals surface area (Å²) in [6.45, 7) is 3.50. The van der Waals surface area contributed by atoms with Gasteiger partial charge in [0, 0.05) is 29.2 Å². The van der Waals surface area contributed by atoms with Gasteiger partial charge in [-0.25, -0.2) is 4.68 Å². The molecule has 1 fully saturated rings. The summed E-state index contributed by atoms with van der Waals surface area (Å²) < 4.78 is 1.84. The summed E-state index contributed by atoms with van der Waals surface area (Å²) in [5, 5.41) is 5.58. The van der Waals surface area contributed by atoms with Crippen molar-refractivity contribution in [2.24, 2.45) is 0 Å². The Morgan fingerprint density at radius 1 is 1.00 bits per heavy atom. The molecule has 6 rings (SSSR count). The number of carbonyl (C=O) groups excluding carboxylic acids is 2. The minimum atomic E-state index is -0.205. The molecule has 2 amide bonds. The second-order valence-electron chi connectivity index (χ2n) is 10.0. The van der Waals surface area contributed by atoms with Gasteiger partial charge in [-0.05, 0) is 49.6 Å². The molecule has 39 heavy (non-hydrogen) atoms. The maximum Gasteiger partial charge on any atom is 0.242 e. The fourth-order valence-electron chi connectivity index (χ4n) is 5.33. The van der Waals surface area contributed by atoms with Crippen LogP contribution in [0.2, 0.25) is 5.02 Å². The van der Waals surface area contributed by atoms with Crippen LogP contribution in [0.4, 0.5) is 5.82 Å². The quantitative estimate of drug-likeness (QED) is 0.290. The number of likely N-dealkylation sites (tertiary alicyclic amines) is 1. The minimum absolute atomic E-state index is 0.0134. The lowest BCUT2D eigenvalue weighted by Gasteiger charge is -2.25. The Hall–Kier alpha value is -3.55. The van der Waals surface area contributed by atoms with Crippen molar-refractivity contribution in [2.75, 3.05) is 30.3 Å². The van der Waals surface area contributed by atoms with E-state index in [-0.39, 0.29) is 29.4 Å². The van der Waals surface area contributed by atoms with Crippen LogP contribution in [0.15, 0.2) is 78.9 Å². The SMILES string of the molecule is Cc1ccc(-n2nc(-c3ccccc3)c3c2N(CC(=O)N2CCCC2)C(=O)CS[C@@H]3c2cccc(Cl)c2)cc1. The maximum absolute atomic E-state index is 13.8. The lowest BCUT2D eigenvalue weighted by Crippen LogP contribution is -2.43. The first-order valence-electron chi connectivity index (χ1n) is 13.2. The molecule has 0 radical (unpaired) electrons. The minimum Gasteiger partial charge on any atom is -0.341 e. The summed E-state index contributed by atoms with van der Waals surface area (Å²) in [5.41, 5.74) is 5.61. The van der Waals surface area contributed by atoms with Crippen molar-refractivity contribution < 1.29 is 9.59 Å². The number of thioether (sulfide) groups is 1. The number of rotatable bonds is 5. The van der Waals surface area contributed by atoms with Gasteiger partial charge in [-0.15, -0.1) is 11.8 Å². The number of aromatic nitrogens is 2. The lowest BCUT2D eigenvalue weighted by atomic mass is 9.99. The summed E-state index contributed by atoms with van der Waals surface area (Å²) in [4.78, 5) is 30.8. The summed E-state index contributed by atoms with van der Waals surface area (Å²) >= 11 is 8.00. The van der Waals surface area contributed by atoms with Crippen LogP contribution in [-0.2, 0) is 9.59 Å². The zero-order chi connectivity index (χ0) is 26.9. The molecule has 2 aliphatic rings. The van der Waals surface area contributed by atoms with E-state index in [1.807, 2.05) is 95.4 Å². The maximum atomic E-state index is 13.8. The molecule has 0 bridgehead atoms. The van der Waals surface area contributed by atoms with E-state index < -0.39 is 0 Å². The highest BCUT2D eigenvalue weighted by Gasteiger charge is 2.38. The highest BCUT2D eigenvalue weighted by atomic mass is 35.5. The largest absolute Gasteiger partial charge is 0.341 e. The van der Waals surface area contributed by atoms with Crippen LogP contribution in [-0.4, -0.2) is 51.9 Å². The van der Waals surface area contributed by atoms with Crippen molar-refractivity contribution in [3.63, 3.8) is 0 Å². The van der Waals surface area contributed by atoms with Crippen LogP contribution in [0.1, 0.15) is 34.8 Å². The van der Waals surface area contributed by atoms with Crippen molar-refractivity contribution >= 4 is 41.0 Å². The second kappa shape index (κ2) is 10.9. The summed E-state index contributed by atoms with van der Waals surface area (Å²) in [6.07, 6.45) is 1.99. The van der Waals surface area contributed by atoms with Crippen LogP contribution in [0.3, 0.4) is 0 Å². The van der Waals surface area contributed by atoms with Gasteiger partial charge in [0.2, 0.25) is 11.8 Å². The Balaban J connectivity index is 1.60. The first kappa shape index (κ1) is 25.7. The van der Waals surface area contributed by atoms with Crippen molar-refractivity contribution in [2.45, 2.75) is 25.0 Å². The molecule has 8 heteroatoms. The predicted octanol–water partition coefficient (Wildman–Crippen LogP) is 6.29. The summed E-state index contributed by atoms with van der Waals surface area (Å²) in [6, 6.07) is 25.9. The Morgan fingerprint density at radius 3 is 2.46 bits per heavy atom. The van der Waals surface area contributed by atoms with Gasteiger partial charge in [0.25, 0.3) is 0 Å². The molecule has 1 atom stereocenters. The third kappa shape index (κ3) is 5.09. The monoisotopic (exact) mass is 556 g/mol. The molecule has 3 aromatic carbocycles. The van der Waals surface area contributed by atoms with Gasteiger partial charge in [-0.1, -0.05) is 71.8 Å². The van der Waals surface area contributed by atoms with Crippen LogP contribution >= 0.6 is 23.4 Å². The molecule has 0 spiro atoms. The summed E-state index contributed by atoms with van der Waals surface area (Å²) in [7, 11) is 0. The van der Waals surface area contributed by atoms with Crippen LogP contribution in [0, 0.1) is 6.92 Å². The zero-order valence-corrected chi connectivity index (χ0v) is 23.3. The number of anilines is 1. The highest BCUT2D eigenvalue weighted by Crippen LogP contribution is 2.48. The van der Waals surface area contributed by atoms with Crippen LogP contribution in [0.25, 0.3) is 16.9 Å². The number of hydrogen-bond donors (Lipinski definition) is 0. The molecule has 0 N–H and O–H groups in total. The van der Waals surface area contributed by atoms with E-state index in [1.54, 1.807) is 16.7 Å². The van der Waals surface area contributed by atoms with Crippen LogP contribution in [0.5, 0.6) is 0 Å². The van der Waals surface area contributed by atoms with E-state index >= 15 is 0 Å². The molecule has 0 aliphatic carbocycles. The molecule has 1 aromatic heterocycles. The molecule has 4 aromatic rings. The third-order valence-corrected chi connectivity index (χ3v) is 8.81. The molecule has 0 unspecified atom stereocenters. The lowest BCUT2D eigenvalue weighted by molar-refractivity contribution is -0.130. The van der Waals surface area contributed by atoms with Crippen molar-refractivity contribution in [3.8, 4) is 16.9 Å². The normalized spacial score (nSPS) is 17.3. The molecule has 1 saturated heterocycles. The van der Waals surface area contributed by atoms with Gasteiger partial charge in [0.1, 0.15) is 12.4 Å². The van der Waals surface area contributed by atoms with E-state index in [9.17, 15) is 9.59 Å². The molecule has 198 valence electrons. The van der Waals surface area contributed by atoms with Gasteiger partial charge >= 0.3 is 0 Å². The average molecular weight is 557 g/mol. The fraction of sp³-hybridized carbons (Fsp3) is 0.258. The van der Waals surface area contributed by atoms with Gasteiger partial charge < -0.3 is 4.90 Å². The van der Waals surface area contributed by atoms with Crippen LogP contribution < -0.4 is 4.90 Å². The fourth-order valence-corrected chi connectivity index (χ4v) is 6.72. The standard InChI is InChI=1S/C31H29ClN4O2S/c1-21-12-14-25(15-13-21)36-31-28(29(33-36)22-8-3-2-4-9-22)30(23-10-7-11-24(32)18-23)39-20-27(38)35(31)19-26(37)34-16-5-6-17-34/h2-4,7-15,18,30H,5-6,16-17,19-20H2,1H3/t30-/m1/s1. The number of nitrogens with zero attached hydrogens (tertiary/aromatic N) is 4. The van der Waals surface area contributed by atoms with E-state index in [0.29, 0.717) is 10.8 Å². The first-order valence-corrected chi connectivity index (χ1v) is 14.6. The van der Waals surface area contributed by atoms with Crippen molar-refractivity contribution in [3.05, 3.63) is 101 Å². The van der Waals surface area contributed by atoms with Gasteiger partial charge in [0.15, 0.2) is 0 Å². The molecular formula is C31H29ClN4O2S. The smallest absolute Gasteiger partial charge is 0.242 e. The Bertz CT molecular complexity index is 1510. The topological polar surface area (TPSA) is 58.4 Å². The number of carbonyl (C=O) groups is 2. The Labute approximate surface area is 237 Å². The third-order valence-electron chi connectivity index (χ3n) is 7.32. The number of benzene rings is 3. The number of amides is 2. The number of halogens is 1. The number of hydrogen-bond acceptors (Lipinski definition) is 4. The van der Waals surface area contributed by atoms with Gasteiger partial charge in [-0.2, -0.15) is 5.10 Å². The van der Waals surface area contributed by atoms with Crippen molar-refractivity contribution in [1.82, 2.24) is 14.7 Å². The summed E-state index contributed by atoms with van der Waals surface area (Å²) in [5.74, 6) is 0.744.